The van der Waals surface area contributed by atoms with E-state index in [1.807, 2.05) is 0 Å². The van der Waals surface area contributed by atoms with Crippen molar-refractivity contribution in [3.63, 3.8) is 0 Å². The maximum Gasteiger partial charge on any atom is 0.234 e. The van der Waals surface area contributed by atoms with Crippen molar-refractivity contribution in [3.8, 4) is 0 Å². The van der Waals surface area contributed by atoms with Crippen molar-refractivity contribution < 1.29 is 9.53 Å². The van der Waals surface area contributed by atoms with Crippen molar-refractivity contribution in [1.29, 1.82) is 0 Å². The van der Waals surface area contributed by atoms with E-state index in [1.165, 1.54) is 0 Å². The van der Waals surface area contributed by atoms with Gasteiger partial charge >= 0.3 is 0 Å². The normalized spacial score (nSPS) is 18.8. The van der Waals surface area contributed by atoms with Crippen LogP contribution in [0.4, 0.5) is 0 Å². The first kappa shape index (κ1) is 18.3. The van der Waals surface area contributed by atoms with E-state index in [1.54, 1.807) is 0 Å². The quantitative estimate of drug-likeness (QED) is 0.741. The van der Waals surface area contributed by atoms with E-state index < -0.39 is 11.9 Å². The first-order valence-corrected chi connectivity index (χ1v) is 5.05. The maximum atomic E-state index is 10.7. The SMILES string of the molecule is Cl.Cl.NC(=O)[C@@H](N)CCN1CCCOCC1. The van der Waals surface area contributed by atoms with Gasteiger partial charge in [0.25, 0.3) is 0 Å². The number of ether oxygens (including phenoxy) is 1. The van der Waals surface area contributed by atoms with Gasteiger partial charge in [-0.25, -0.2) is 0 Å². The Labute approximate surface area is 109 Å². The molecule has 7 heteroatoms. The lowest BCUT2D eigenvalue weighted by Gasteiger charge is -2.19. The number of carbonyl (C=O) groups is 1. The van der Waals surface area contributed by atoms with Gasteiger partial charge in [0.05, 0.1) is 12.6 Å². The summed E-state index contributed by atoms with van der Waals surface area (Å²) < 4.78 is 5.31. The van der Waals surface area contributed by atoms with Crippen molar-refractivity contribution in [2.75, 3.05) is 32.8 Å². The van der Waals surface area contributed by atoms with Crippen LogP contribution in [-0.4, -0.2) is 49.7 Å². The molecule has 0 aromatic rings. The predicted octanol–water partition coefficient (Wildman–Crippen LogP) is -0.245. The van der Waals surface area contributed by atoms with Crippen LogP contribution in [0.3, 0.4) is 0 Å². The Morgan fingerprint density at radius 2 is 2.00 bits per heavy atom. The molecular formula is C9H21Cl2N3O2. The van der Waals surface area contributed by atoms with E-state index >= 15 is 0 Å². The minimum Gasteiger partial charge on any atom is -0.380 e. The fourth-order valence-corrected chi connectivity index (χ4v) is 1.49. The van der Waals surface area contributed by atoms with Gasteiger partial charge in [-0.2, -0.15) is 0 Å². The summed E-state index contributed by atoms with van der Waals surface area (Å²) in [6, 6.07) is -0.515. The highest BCUT2D eigenvalue weighted by atomic mass is 35.5. The molecule has 1 saturated heterocycles. The predicted molar refractivity (Wildman–Crippen MR) is 68.2 cm³/mol. The number of hydrogen-bond acceptors (Lipinski definition) is 4. The third-order valence-corrected chi connectivity index (χ3v) is 2.44. The molecule has 1 fully saturated rings. The van der Waals surface area contributed by atoms with E-state index in [-0.39, 0.29) is 24.8 Å². The summed E-state index contributed by atoms with van der Waals surface area (Å²) in [6.07, 6.45) is 1.68. The van der Waals surface area contributed by atoms with Crippen LogP contribution < -0.4 is 11.5 Å². The molecule has 0 radical (unpaired) electrons. The minimum absolute atomic E-state index is 0. The van der Waals surface area contributed by atoms with E-state index in [9.17, 15) is 4.79 Å². The van der Waals surface area contributed by atoms with Crippen LogP contribution in [-0.2, 0) is 9.53 Å². The first-order chi connectivity index (χ1) is 6.70. The first-order valence-electron chi connectivity index (χ1n) is 5.05. The molecule has 1 rings (SSSR count). The van der Waals surface area contributed by atoms with Crippen LogP contribution in [0.5, 0.6) is 0 Å². The molecule has 1 amide bonds. The Morgan fingerprint density at radius 1 is 1.31 bits per heavy atom. The van der Waals surface area contributed by atoms with Gasteiger partial charge in [0, 0.05) is 26.2 Å². The van der Waals surface area contributed by atoms with Crippen molar-refractivity contribution >= 4 is 30.7 Å². The zero-order valence-electron chi connectivity index (χ0n) is 9.26. The number of nitrogens with zero attached hydrogens (tertiary/aromatic N) is 1. The molecule has 0 aromatic carbocycles. The molecule has 5 nitrogen and oxygen atoms in total. The van der Waals surface area contributed by atoms with Gasteiger partial charge in [0.15, 0.2) is 0 Å². The molecular weight excluding hydrogens is 253 g/mol. The highest BCUT2D eigenvalue weighted by molar-refractivity contribution is 5.85. The van der Waals surface area contributed by atoms with Crippen LogP contribution in [0.15, 0.2) is 0 Å². The second-order valence-corrected chi connectivity index (χ2v) is 3.61. The topological polar surface area (TPSA) is 81.6 Å². The molecule has 0 unspecified atom stereocenters. The van der Waals surface area contributed by atoms with E-state index in [0.717, 1.165) is 39.3 Å². The van der Waals surface area contributed by atoms with E-state index in [0.29, 0.717) is 6.42 Å². The smallest absolute Gasteiger partial charge is 0.234 e. The Kier molecular flexibility index (Phi) is 11.6. The van der Waals surface area contributed by atoms with Crippen molar-refractivity contribution in [1.82, 2.24) is 4.90 Å². The molecule has 0 bridgehead atoms. The number of nitrogens with two attached hydrogens (primary N) is 2. The summed E-state index contributed by atoms with van der Waals surface area (Å²) in [6.45, 7) is 4.37. The van der Waals surface area contributed by atoms with E-state index in [2.05, 4.69) is 4.90 Å². The summed E-state index contributed by atoms with van der Waals surface area (Å²) >= 11 is 0. The van der Waals surface area contributed by atoms with Crippen molar-refractivity contribution in [2.45, 2.75) is 18.9 Å². The zero-order valence-corrected chi connectivity index (χ0v) is 10.9. The molecule has 0 aliphatic carbocycles. The summed E-state index contributed by atoms with van der Waals surface area (Å²) in [5.41, 5.74) is 10.6. The van der Waals surface area contributed by atoms with Gasteiger partial charge in [-0.05, 0) is 12.8 Å². The third kappa shape index (κ3) is 7.24. The minimum atomic E-state index is -0.515. The van der Waals surface area contributed by atoms with Crippen molar-refractivity contribution in [2.24, 2.45) is 11.5 Å². The summed E-state index contributed by atoms with van der Waals surface area (Å²) in [4.78, 5) is 13.0. The second kappa shape index (κ2) is 10.1. The largest absolute Gasteiger partial charge is 0.380 e. The van der Waals surface area contributed by atoms with Gasteiger partial charge in [0.2, 0.25) is 5.91 Å². The molecule has 0 aromatic heterocycles. The summed E-state index contributed by atoms with van der Waals surface area (Å²) in [5.74, 6) is -0.420. The maximum absolute atomic E-state index is 10.7. The molecule has 1 aliphatic rings. The molecule has 98 valence electrons. The third-order valence-electron chi connectivity index (χ3n) is 2.44. The summed E-state index contributed by atoms with van der Waals surface area (Å²) in [5, 5.41) is 0. The monoisotopic (exact) mass is 273 g/mol. The average Bonchev–Trinajstić information content (AvgIpc) is 2.42. The van der Waals surface area contributed by atoms with E-state index in [4.69, 9.17) is 16.2 Å². The van der Waals surface area contributed by atoms with Crippen LogP contribution in [0.1, 0.15) is 12.8 Å². The molecule has 1 aliphatic heterocycles. The number of carbonyl (C=O) groups excluding carboxylic acids is 1. The van der Waals surface area contributed by atoms with Crippen LogP contribution in [0.25, 0.3) is 0 Å². The number of hydrogen-bond donors (Lipinski definition) is 2. The standard InChI is InChI=1S/C9H19N3O2.2ClH/c10-8(9(11)13)2-4-12-3-1-6-14-7-5-12;;/h8H,1-7,10H2,(H2,11,13);2*1H/t8-;;/m0../s1. The molecule has 1 atom stereocenters. The molecule has 16 heavy (non-hydrogen) atoms. The van der Waals surface area contributed by atoms with Crippen molar-refractivity contribution in [3.05, 3.63) is 0 Å². The van der Waals surface area contributed by atoms with Crippen LogP contribution in [0, 0.1) is 0 Å². The lowest BCUT2D eigenvalue weighted by Crippen LogP contribution is -2.40. The highest BCUT2D eigenvalue weighted by Crippen LogP contribution is 2.00. The fourth-order valence-electron chi connectivity index (χ4n) is 1.49. The van der Waals surface area contributed by atoms with Gasteiger partial charge < -0.3 is 21.1 Å². The summed E-state index contributed by atoms with van der Waals surface area (Å²) in [7, 11) is 0. The number of amides is 1. The van der Waals surface area contributed by atoms with Gasteiger partial charge in [-0.1, -0.05) is 0 Å². The fraction of sp³-hybridized carbons (Fsp3) is 0.889. The number of halogens is 2. The average molecular weight is 274 g/mol. The number of primary amides is 1. The van der Waals surface area contributed by atoms with Gasteiger partial charge in [0.1, 0.15) is 0 Å². The lowest BCUT2D eigenvalue weighted by atomic mass is 10.2. The zero-order chi connectivity index (χ0) is 10.4. The highest BCUT2D eigenvalue weighted by Gasteiger charge is 2.13. The number of rotatable bonds is 4. The molecule has 0 spiro atoms. The van der Waals surface area contributed by atoms with Gasteiger partial charge in [-0.15, -0.1) is 24.8 Å². The second-order valence-electron chi connectivity index (χ2n) is 3.61. The Balaban J connectivity index is 0. The molecule has 0 saturated carbocycles. The molecule has 1 heterocycles. The Bertz CT molecular complexity index is 188. The van der Waals surface area contributed by atoms with Crippen LogP contribution >= 0.6 is 24.8 Å². The molecule has 4 N–H and O–H groups in total. The van der Waals surface area contributed by atoms with Gasteiger partial charge in [-0.3, -0.25) is 4.79 Å². The lowest BCUT2D eigenvalue weighted by molar-refractivity contribution is -0.119. The van der Waals surface area contributed by atoms with Crippen LogP contribution in [0.2, 0.25) is 0 Å². The Morgan fingerprint density at radius 3 is 2.62 bits per heavy atom. The Hall–Kier alpha value is -0.0700.